The number of amides is 1. The zero-order valence-electron chi connectivity index (χ0n) is 18.2. The minimum atomic E-state index is -0.00870. The van der Waals surface area contributed by atoms with Crippen LogP contribution in [0.2, 0.25) is 0 Å². The van der Waals surface area contributed by atoms with E-state index in [0.717, 1.165) is 45.6 Å². The number of benzene rings is 1. The van der Waals surface area contributed by atoms with Gasteiger partial charge in [-0.1, -0.05) is 44.2 Å². The minimum absolute atomic E-state index is 0. The molecule has 1 atom stereocenters. The van der Waals surface area contributed by atoms with Crippen molar-refractivity contribution >= 4 is 35.8 Å². The van der Waals surface area contributed by atoms with Crippen molar-refractivity contribution in [1.29, 1.82) is 0 Å². The summed E-state index contributed by atoms with van der Waals surface area (Å²) in [7, 11) is 3.51. The molecule has 1 aliphatic heterocycles. The molecule has 1 fully saturated rings. The van der Waals surface area contributed by atoms with Crippen molar-refractivity contribution in [3.8, 4) is 0 Å². The second kappa shape index (κ2) is 13.1. The van der Waals surface area contributed by atoms with Gasteiger partial charge in [-0.05, 0) is 24.8 Å². The fraction of sp³-hybridized carbons (Fsp3) is 0.636. The fourth-order valence-corrected chi connectivity index (χ4v) is 3.50. The molecule has 1 aromatic carbocycles. The van der Waals surface area contributed by atoms with E-state index in [9.17, 15) is 4.79 Å². The zero-order chi connectivity index (χ0) is 20.4. The molecule has 1 heterocycles. The molecule has 0 bridgehead atoms. The number of carbonyl (C=O) groups excluding carboxylic acids is 1. The highest BCUT2D eigenvalue weighted by Gasteiger charge is 2.28. The van der Waals surface area contributed by atoms with Gasteiger partial charge in [0.15, 0.2) is 5.96 Å². The molecule has 164 valence electrons. The smallest absolute Gasteiger partial charge is 0.243 e. The largest absolute Gasteiger partial charge is 0.381 e. The number of guanidine groups is 1. The lowest BCUT2D eigenvalue weighted by molar-refractivity contribution is -0.127. The van der Waals surface area contributed by atoms with Crippen LogP contribution in [0.3, 0.4) is 0 Å². The summed E-state index contributed by atoms with van der Waals surface area (Å²) in [4.78, 5) is 18.1. The Hall–Kier alpha value is -1.35. The summed E-state index contributed by atoms with van der Waals surface area (Å²) >= 11 is 0. The number of rotatable bonds is 9. The molecule has 1 amide bonds. The number of nitrogens with one attached hydrogen (secondary N) is 2. The molecule has 2 rings (SSSR count). The van der Waals surface area contributed by atoms with Crippen LogP contribution in [0.5, 0.6) is 0 Å². The van der Waals surface area contributed by atoms with Crippen LogP contribution in [0.25, 0.3) is 0 Å². The van der Waals surface area contributed by atoms with Gasteiger partial charge in [0, 0.05) is 45.1 Å². The summed E-state index contributed by atoms with van der Waals surface area (Å²) in [6.45, 7) is 7.79. The van der Waals surface area contributed by atoms with Gasteiger partial charge in [0.2, 0.25) is 5.91 Å². The molecule has 2 N–H and O–H groups in total. The lowest BCUT2D eigenvalue weighted by Gasteiger charge is -2.33. The van der Waals surface area contributed by atoms with E-state index >= 15 is 0 Å². The molecule has 1 aromatic rings. The quantitative estimate of drug-likeness (QED) is 0.301. The Kier molecular flexibility index (Phi) is 11.6. The van der Waals surface area contributed by atoms with E-state index in [1.807, 2.05) is 0 Å². The van der Waals surface area contributed by atoms with Gasteiger partial charge < -0.3 is 20.3 Å². The number of carbonyl (C=O) groups is 1. The van der Waals surface area contributed by atoms with Crippen molar-refractivity contribution in [2.24, 2.45) is 10.9 Å². The third kappa shape index (κ3) is 7.77. The predicted octanol–water partition coefficient (Wildman–Crippen LogP) is 3.02. The molecule has 6 nitrogen and oxygen atoms in total. The standard InChI is InChI=1S/C22H36N4O2.HI/c1-5-22(6-2,19-10-8-7-9-11-19)17-25-21(24-15-20(27)26(3)4)23-14-18-12-13-28-16-18;/h7-11,18H,5-6,12-17H2,1-4H3,(H2,23,24,25);1H. The van der Waals surface area contributed by atoms with Gasteiger partial charge in [0.1, 0.15) is 6.54 Å². The van der Waals surface area contributed by atoms with Crippen LogP contribution in [0.1, 0.15) is 38.7 Å². The van der Waals surface area contributed by atoms with Crippen LogP contribution >= 0.6 is 24.0 Å². The van der Waals surface area contributed by atoms with Crippen LogP contribution in [0.4, 0.5) is 0 Å². The summed E-state index contributed by atoms with van der Waals surface area (Å²) in [5.41, 5.74) is 1.37. The van der Waals surface area contributed by atoms with Crippen LogP contribution in [0, 0.1) is 5.92 Å². The van der Waals surface area contributed by atoms with Gasteiger partial charge >= 0.3 is 0 Å². The number of nitrogens with zero attached hydrogens (tertiary/aromatic N) is 2. The Morgan fingerprint density at radius 3 is 2.45 bits per heavy atom. The summed E-state index contributed by atoms with van der Waals surface area (Å²) in [6, 6.07) is 10.6. The molecule has 1 saturated heterocycles. The second-order valence-electron chi connectivity index (χ2n) is 7.77. The third-order valence-electron chi connectivity index (χ3n) is 5.79. The number of aliphatic imine (C=N–C) groups is 1. The van der Waals surface area contributed by atoms with Gasteiger partial charge in [-0.15, -0.1) is 24.0 Å². The number of hydrogen-bond donors (Lipinski definition) is 2. The maximum absolute atomic E-state index is 12.0. The molecule has 1 unspecified atom stereocenters. The van der Waals surface area contributed by atoms with Crippen LogP contribution in [-0.4, -0.2) is 63.7 Å². The molecule has 7 heteroatoms. The van der Waals surface area contributed by atoms with Gasteiger partial charge in [-0.25, -0.2) is 4.99 Å². The molecule has 0 spiro atoms. The summed E-state index contributed by atoms with van der Waals surface area (Å²) < 4.78 is 5.46. The first kappa shape index (κ1) is 25.7. The first-order chi connectivity index (χ1) is 13.5. The lowest BCUT2D eigenvalue weighted by atomic mass is 9.76. The average molecular weight is 516 g/mol. The first-order valence-corrected chi connectivity index (χ1v) is 10.4. The highest BCUT2D eigenvalue weighted by atomic mass is 127. The second-order valence-corrected chi connectivity index (χ2v) is 7.77. The van der Waals surface area contributed by atoms with E-state index in [1.54, 1.807) is 19.0 Å². The fourth-order valence-electron chi connectivity index (χ4n) is 3.50. The van der Waals surface area contributed by atoms with Crippen LogP contribution in [0.15, 0.2) is 35.3 Å². The molecular weight excluding hydrogens is 479 g/mol. The Bertz CT molecular complexity index is 627. The molecular formula is C22H37IN4O2. The molecule has 0 radical (unpaired) electrons. The molecule has 1 aliphatic rings. The minimum Gasteiger partial charge on any atom is -0.381 e. The number of hydrogen-bond acceptors (Lipinski definition) is 3. The van der Waals surface area contributed by atoms with E-state index in [0.29, 0.717) is 11.9 Å². The van der Waals surface area contributed by atoms with E-state index in [2.05, 4.69) is 59.8 Å². The predicted molar refractivity (Wildman–Crippen MR) is 130 cm³/mol. The Morgan fingerprint density at radius 1 is 1.21 bits per heavy atom. The van der Waals surface area contributed by atoms with Gasteiger partial charge in [0.05, 0.1) is 6.61 Å². The molecule has 29 heavy (non-hydrogen) atoms. The van der Waals surface area contributed by atoms with Gasteiger partial charge in [-0.2, -0.15) is 0 Å². The highest BCUT2D eigenvalue weighted by Crippen LogP contribution is 2.30. The monoisotopic (exact) mass is 516 g/mol. The Labute approximate surface area is 192 Å². The lowest BCUT2D eigenvalue weighted by Crippen LogP contribution is -2.47. The SMILES string of the molecule is CCC(CC)(CNC(=NCC(=O)N(C)C)NCC1CCOC1)c1ccccc1.I. The van der Waals surface area contributed by atoms with Crippen molar-refractivity contribution in [2.45, 2.75) is 38.5 Å². The normalized spacial score (nSPS) is 16.8. The molecule has 0 aliphatic carbocycles. The van der Waals surface area contributed by atoms with Gasteiger partial charge in [0.25, 0.3) is 0 Å². The van der Waals surface area contributed by atoms with Gasteiger partial charge in [-0.3, -0.25) is 4.79 Å². The number of ether oxygens (including phenoxy) is 1. The topological polar surface area (TPSA) is 66.0 Å². The number of halogens is 1. The van der Waals surface area contributed by atoms with Crippen molar-refractivity contribution in [2.75, 3.05) is 46.9 Å². The van der Waals surface area contributed by atoms with Crippen molar-refractivity contribution in [3.05, 3.63) is 35.9 Å². The molecule has 0 saturated carbocycles. The Balaban J connectivity index is 0.00000420. The summed E-state index contributed by atoms with van der Waals surface area (Å²) in [5, 5.41) is 6.92. The van der Waals surface area contributed by atoms with Crippen molar-refractivity contribution in [3.63, 3.8) is 0 Å². The van der Waals surface area contributed by atoms with E-state index in [1.165, 1.54) is 5.56 Å². The van der Waals surface area contributed by atoms with Crippen LogP contribution < -0.4 is 10.6 Å². The van der Waals surface area contributed by atoms with E-state index in [-0.39, 0.29) is 41.8 Å². The summed E-state index contributed by atoms with van der Waals surface area (Å²) in [5.74, 6) is 1.18. The highest BCUT2D eigenvalue weighted by molar-refractivity contribution is 14.0. The summed E-state index contributed by atoms with van der Waals surface area (Å²) in [6.07, 6.45) is 3.12. The maximum atomic E-state index is 12.0. The van der Waals surface area contributed by atoms with Crippen molar-refractivity contribution < 1.29 is 9.53 Å². The maximum Gasteiger partial charge on any atom is 0.243 e. The first-order valence-electron chi connectivity index (χ1n) is 10.4. The van der Waals surface area contributed by atoms with E-state index in [4.69, 9.17) is 4.74 Å². The number of likely N-dealkylation sites (N-methyl/N-ethyl adjacent to an activating group) is 1. The van der Waals surface area contributed by atoms with Crippen LogP contribution in [-0.2, 0) is 14.9 Å². The average Bonchev–Trinajstić information content (AvgIpc) is 3.24. The third-order valence-corrected chi connectivity index (χ3v) is 5.79. The zero-order valence-corrected chi connectivity index (χ0v) is 20.6. The van der Waals surface area contributed by atoms with E-state index < -0.39 is 0 Å². The Morgan fingerprint density at radius 2 is 1.90 bits per heavy atom. The van der Waals surface area contributed by atoms with Crippen molar-refractivity contribution in [1.82, 2.24) is 15.5 Å². The molecule has 0 aromatic heterocycles.